The molecule has 1 fully saturated rings. The number of hydrogen-bond acceptors (Lipinski definition) is 2. The lowest BCUT2D eigenvalue weighted by Gasteiger charge is -2.38. The van der Waals surface area contributed by atoms with Gasteiger partial charge in [0.05, 0.1) is 0 Å². The van der Waals surface area contributed by atoms with Crippen molar-refractivity contribution in [3.63, 3.8) is 0 Å². The maximum absolute atomic E-state index is 6.00. The van der Waals surface area contributed by atoms with E-state index >= 15 is 0 Å². The second kappa shape index (κ2) is 7.80. The fourth-order valence-corrected chi connectivity index (χ4v) is 3.89. The van der Waals surface area contributed by atoms with Crippen molar-refractivity contribution < 1.29 is 0 Å². The summed E-state index contributed by atoms with van der Waals surface area (Å²) in [7, 11) is 0. The van der Waals surface area contributed by atoms with E-state index in [-0.39, 0.29) is 0 Å². The van der Waals surface area contributed by atoms with Gasteiger partial charge in [0, 0.05) is 12.1 Å². The van der Waals surface area contributed by atoms with Crippen LogP contribution in [0.25, 0.3) is 0 Å². The average Bonchev–Trinajstić information content (AvgIpc) is 2.96. The average molecular weight is 274 g/mol. The van der Waals surface area contributed by atoms with Crippen LogP contribution in [0.3, 0.4) is 0 Å². The van der Waals surface area contributed by atoms with Gasteiger partial charge in [0.15, 0.2) is 0 Å². The van der Waals surface area contributed by atoms with Crippen LogP contribution in [0.1, 0.15) is 57.6 Å². The van der Waals surface area contributed by atoms with Crippen molar-refractivity contribution in [3.8, 4) is 0 Å². The fourth-order valence-electron chi connectivity index (χ4n) is 3.89. The van der Waals surface area contributed by atoms with Crippen molar-refractivity contribution in [2.45, 2.75) is 58.0 Å². The maximum Gasteiger partial charge on any atom is 0.0350 e. The molecule has 3 atom stereocenters. The Balaban J connectivity index is 2.21. The third kappa shape index (κ3) is 3.42. The van der Waals surface area contributed by atoms with Gasteiger partial charge in [-0.3, -0.25) is 4.90 Å². The van der Waals surface area contributed by atoms with Crippen molar-refractivity contribution in [2.24, 2.45) is 11.7 Å². The zero-order valence-electron chi connectivity index (χ0n) is 13.1. The number of benzene rings is 1. The standard InChI is InChI=1S/C18H30N2/c1-3-9-17(15-10-6-5-7-11-15)20(4-2)18-13-8-12-16(18)14-19/h5-7,10-11,16-18H,3-4,8-9,12-14,19H2,1-2H3. The zero-order chi connectivity index (χ0) is 14.4. The Hall–Kier alpha value is -0.860. The predicted octanol–water partition coefficient (Wildman–Crippen LogP) is 3.98. The molecule has 0 aliphatic heterocycles. The summed E-state index contributed by atoms with van der Waals surface area (Å²) in [6, 6.07) is 12.3. The molecule has 0 spiro atoms. The summed E-state index contributed by atoms with van der Waals surface area (Å²) in [6.45, 7) is 6.56. The lowest BCUT2D eigenvalue weighted by atomic mass is 9.95. The van der Waals surface area contributed by atoms with E-state index in [1.807, 2.05) is 0 Å². The number of hydrogen-bond donors (Lipinski definition) is 1. The molecule has 112 valence electrons. The van der Waals surface area contributed by atoms with Gasteiger partial charge in [-0.1, -0.05) is 57.0 Å². The van der Waals surface area contributed by atoms with E-state index in [0.29, 0.717) is 18.0 Å². The Morgan fingerprint density at radius 2 is 1.95 bits per heavy atom. The summed E-state index contributed by atoms with van der Waals surface area (Å²) < 4.78 is 0. The molecule has 1 aliphatic rings. The third-order valence-corrected chi connectivity index (χ3v) is 4.86. The minimum atomic E-state index is 0.559. The van der Waals surface area contributed by atoms with Crippen LogP contribution in [0.5, 0.6) is 0 Å². The van der Waals surface area contributed by atoms with Crippen molar-refractivity contribution in [3.05, 3.63) is 35.9 Å². The molecule has 2 N–H and O–H groups in total. The molecule has 0 heterocycles. The van der Waals surface area contributed by atoms with E-state index in [0.717, 1.165) is 13.1 Å². The van der Waals surface area contributed by atoms with Crippen LogP contribution in [0.4, 0.5) is 0 Å². The first-order chi connectivity index (χ1) is 9.81. The number of rotatable bonds is 7. The molecule has 2 nitrogen and oxygen atoms in total. The molecule has 2 rings (SSSR count). The lowest BCUT2D eigenvalue weighted by molar-refractivity contribution is 0.107. The summed E-state index contributed by atoms with van der Waals surface area (Å²) in [5.74, 6) is 0.693. The van der Waals surface area contributed by atoms with Gasteiger partial charge in [0.1, 0.15) is 0 Å². The first-order valence-electron chi connectivity index (χ1n) is 8.32. The van der Waals surface area contributed by atoms with E-state index < -0.39 is 0 Å². The van der Waals surface area contributed by atoms with E-state index in [1.54, 1.807) is 0 Å². The highest BCUT2D eigenvalue weighted by Crippen LogP contribution is 2.36. The van der Waals surface area contributed by atoms with E-state index in [9.17, 15) is 0 Å². The van der Waals surface area contributed by atoms with Gasteiger partial charge in [-0.25, -0.2) is 0 Å². The van der Waals surface area contributed by atoms with Crippen LogP contribution in [-0.4, -0.2) is 24.0 Å². The highest BCUT2D eigenvalue weighted by Gasteiger charge is 2.34. The summed E-state index contributed by atoms with van der Waals surface area (Å²) in [4.78, 5) is 2.73. The second-order valence-corrected chi connectivity index (χ2v) is 6.04. The Labute approximate surface area is 124 Å². The van der Waals surface area contributed by atoms with Gasteiger partial charge in [0.25, 0.3) is 0 Å². The van der Waals surface area contributed by atoms with Crippen molar-refractivity contribution >= 4 is 0 Å². The smallest absolute Gasteiger partial charge is 0.0350 e. The molecule has 0 aromatic heterocycles. The Kier molecular flexibility index (Phi) is 6.06. The topological polar surface area (TPSA) is 29.3 Å². The molecule has 2 heteroatoms. The highest BCUT2D eigenvalue weighted by atomic mass is 15.2. The summed E-state index contributed by atoms with van der Waals surface area (Å²) in [5, 5.41) is 0. The monoisotopic (exact) mass is 274 g/mol. The highest BCUT2D eigenvalue weighted by molar-refractivity contribution is 5.19. The zero-order valence-corrected chi connectivity index (χ0v) is 13.1. The molecule has 3 unspecified atom stereocenters. The van der Waals surface area contributed by atoms with E-state index in [4.69, 9.17) is 5.73 Å². The number of nitrogens with zero attached hydrogens (tertiary/aromatic N) is 1. The Morgan fingerprint density at radius 3 is 2.55 bits per heavy atom. The molecule has 0 amide bonds. The number of nitrogens with two attached hydrogens (primary N) is 1. The molecular formula is C18H30N2. The van der Waals surface area contributed by atoms with E-state index in [2.05, 4.69) is 49.1 Å². The molecule has 1 saturated carbocycles. The molecule has 1 aliphatic carbocycles. The second-order valence-electron chi connectivity index (χ2n) is 6.04. The Bertz CT molecular complexity index is 376. The summed E-state index contributed by atoms with van der Waals surface area (Å²) >= 11 is 0. The first-order valence-corrected chi connectivity index (χ1v) is 8.32. The quantitative estimate of drug-likeness (QED) is 0.815. The van der Waals surface area contributed by atoms with Gasteiger partial charge >= 0.3 is 0 Å². The third-order valence-electron chi connectivity index (χ3n) is 4.86. The molecular weight excluding hydrogens is 244 g/mol. The van der Waals surface area contributed by atoms with Gasteiger partial charge in [0.2, 0.25) is 0 Å². The van der Waals surface area contributed by atoms with Gasteiger partial charge < -0.3 is 5.73 Å². The molecule has 0 saturated heterocycles. The van der Waals surface area contributed by atoms with Crippen LogP contribution >= 0.6 is 0 Å². The van der Waals surface area contributed by atoms with Crippen molar-refractivity contribution in [2.75, 3.05) is 13.1 Å². The first kappa shape index (κ1) is 15.5. The molecule has 0 bridgehead atoms. The largest absolute Gasteiger partial charge is 0.330 e. The minimum absolute atomic E-state index is 0.559. The molecule has 20 heavy (non-hydrogen) atoms. The minimum Gasteiger partial charge on any atom is -0.330 e. The molecule has 0 radical (unpaired) electrons. The summed E-state index contributed by atoms with van der Waals surface area (Å²) in [5.41, 5.74) is 7.47. The van der Waals surface area contributed by atoms with Crippen LogP contribution in [0, 0.1) is 5.92 Å². The van der Waals surface area contributed by atoms with Crippen LogP contribution in [0.15, 0.2) is 30.3 Å². The van der Waals surface area contributed by atoms with Crippen molar-refractivity contribution in [1.82, 2.24) is 4.90 Å². The predicted molar refractivity (Wildman–Crippen MR) is 86.7 cm³/mol. The molecule has 1 aromatic rings. The lowest BCUT2D eigenvalue weighted by Crippen LogP contribution is -2.42. The van der Waals surface area contributed by atoms with Gasteiger partial charge in [-0.05, 0) is 43.8 Å². The van der Waals surface area contributed by atoms with E-state index in [1.165, 1.54) is 37.7 Å². The summed E-state index contributed by atoms with van der Waals surface area (Å²) in [6.07, 6.45) is 6.45. The fraction of sp³-hybridized carbons (Fsp3) is 0.667. The Morgan fingerprint density at radius 1 is 1.20 bits per heavy atom. The van der Waals surface area contributed by atoms with Crippen molar-refractivity contribution in [1.29, 1.82) is 0 Å². The van der Waals surface area contributed by atoms with Crippen LogP contribution < -0.4 is 5.73 Å². The maximum atomic E-state index is 6.00. The normalized spacial score (nSPS) is 24.2. The van der Waals surface area contributed by atoms with Gasteiger partial charge in [-0.15, -0.1) is 0 Å². The van der Waals surface area contributed by atoms with Crippen LogP contribution in [0.2, 0.25) is 0 Å². The molecule has 1 aromatic carbocycles. The SMILES string of the molecule is CCCC(c1ccccc1)N(CC)C1CCCC1CN. The van der Waals surface area contributed by atoms with Crippen LogP contribution in [-0.2, 0) is 0 Å². The van der Waals surface area contributed by atoms with Gasteiger partial charge in [-0.2, -0.15) is 0 Å².